The van der Waals surface area contributed by atoms with E-state index in [1.807, 2.05) is 0 Å². The van der Waals surface area contributed by atoms with E-state index in [-0.39, 0.29) is 13.0 Å². The topological polar surface area (TPSA) is 148 Å². The molecular weight excluding hydrogens is 638 g/mol. The summed E-state index contributed by atoms with van der Waals surface area (Å²) in [6, 6.07) is 5.81. The fourth-order valence-corrected chi connectivity index (χ4v) is 5.35. The molecule has 10 heteroatoms. The van der Waals surface area contributed by atoms with E-state index in [2.05, 4.69) is 24.1 Å². The van der Waals surface area contributed by atoms with Gasteiger partial charge in [0.05, 0.1) is 13.0 Å². The van der Waals surface area contributed by atoms with Crippen LogP contribution in [0.1, 0.15) is 124 Å². The van der Waals surface area contributed by atoms with Gasteiger partial charge >= 0.3 is 11.9 Å². The van der Waals surface area contributed by atoms with Crippen LogP contribution in [0.25, 0.3) is 0 Å². The average molecular weight is 700 g/mol. The van der Waals surface area contributed by atoms with Gasteiger partial charge in [0.15, 0.2) is 5.60 Å². The molecule has 50 heavy (non-hydrogen) atoms. The van der Waals surface area contributed by atoms with Gasteiger partial charge in [0.2, 0.25) is 5.91 Å². The van der Waals surface area contributed by atoms with E-state index >= 15 is 0 Å². The molecule has 3 N–H and O–H groups in total. The van der Waals surface area contributed by atoms with Crippen LogP contribution in [0, 0.1) is 17.8 Å². The summed E-state index contributed by atoms with van der Waals surface area (Å²) >= 11 is 0. The van der Waals surface area contributed by atoms with E-state index in [9.17, 15) is 29.4 Å². The molecule has 1 aromatic rings. The number of amides is 1. The van der Waals surface area contributed by atoms with Crippen LogP contribution >= 0.6 is 0 Å². The van der Waals surface area contributed by atoms with Crippen molar-refractivity contribution in [3.05, 3.63) is 42.0 Å². The van der Waals surface area contributed by atoms with Gasteiger partial charge < -0.3 is 29.7 Å². The van der Waals surface area contributed by atoms with Crippen LogP contribution in [0.4, 0.5) is 0 Å². The number of Topliss-reactive ketones (excluding diaryl/α,β-unsaturated/α-hetero) is 1. The molecule has 3 atom stereocenters. The van der Waals surface area contributed by atoms with Gasteiger partial charge in [-0.2, -0.15) is 0 Å². The summed E-state index contributed by atoms with van der Waals surface area (Å²) in [5.74, 6) is 2.42. The summed E-state index contributed by atoms with van der Waals surface area (Å²) in [7, 11) is 1.21. The highest BCUT2D eigenvalue weighted by Crippen LogP contribution is 2.28. The minimum absolute atomic E-state index is 0.0656. The van der Waals surface area contributed by atoms with Crippen molar-refractivity contribution in [2.24, 2.45) is 5.92 Å². The highest BCUT2D eigenvalue weighted by Gasteiger charge is 2.49. The van der Waals surface area contributed by atoms with Gasteiger partial charge in [0.25, 0.3) is 0 Å². The molecule has 0 aliphatic carbocycles. The van der Waals surface area contributed by atoms with E-state index in [1.54, 1.807) is 58.0 Å². The number of nitrogens with one attached hydrogen (secondary N) is 1. The molecule has 1 unspecified atom stereocenters. The highest BCUT2D eigenvalue weighted by atomic mass is 16.6. The summed E-state index contributed by atoms with van der Waals surface area (Å²) in [5.41, 5.74) is -2.69. The van der Waals surface area contributed by atoms with Crippen LogP contribution in [-0.2, 0) is 35.1 Å². The standard InChI is InChI=1S/C40H61NO9/c1-7-9-11-14-17-20-32(43)21-18-15-12-13-16-19-22-34(40(47,27-28-42)38(46)50-39(3,4)5)36(44)41-35(37(45)48-6)30-31-23-25-33(26-24-31)49-29-10-8-2/h19,22-26,34-35,42,47H,7,9,11-18,20-21,27-30H2,1-6H3,(H,41,44)/t34-,35?,40-/m1/s1. The average Bonchev–Trinajstić information content (AvgIpc) is 3.06. The maximum atomic E-state index is 13.9. The number of benzene rings is 1. The lowest BCUT2D eigenvalue weighted by atomic mass is 9.82. The number of methoxy groups -OCH3 is 1. The minimum atomic E-state index is -2.42. The fourth-order valence-electron chi connectivity index (χ4n) is 5.35. The number of aliphatic hydroxyl groups excluding tert-OH is 1. The molecule has 0 bridgehead atoms. The van der Waals surface area contributed by atoms with Crippen LogP contribution in [0.5, 0.6) is 5.75 Å². The Morgan fingerprint density at radius 2 is 1.56 bits per heavy atom. The van der Waals surface area contributed by atoms with Crippen LogP contribution in [0.2, 0.25) is 0 Å². The highest BCUT2D eigenvalue weighted by molar-refractivity contribution is 5.93. The molecule has 0 heterocycles. The Labute approximate surface area is 299 Å². The molecule has 1 rings (SSSR count). The van der Waals surface area contributed by atoms with Crippen molar-refractivity contribution in [2.45, 2.75) is 142 Å². The Morgan fingerprint density at radius 1 is 0.940 bits per heavy atom. The smallest absolute Gasteiger partial charge is 0.339 e. The lowest BCUT2D eigenvalue weighted by Crippen LogP contribution is -2.56. The Balaban J connectivity index is 3.03. The maximum absolute atomic E-state index is 13.9. The maximum Gasteiger partial charge on any atom is 0.339 e. The number of hydrogen-bond donors (Lipinski definition) is 3. The van der Waals surface area contributed by atoms with Gasteiger partial charge in [-0.1, -0.05) is 75.7 Å². The van der Waals surface area contributed by atoms with Gasteiger partial charge in [0, 0.05) is 32.3 Å². The van der Waals surface area contributed by atoms with Gasteiger partial charge in [0.1, 0.15) is 29.8 Å². The van der Waals surface area contributed by atoms with Gasteiger partial charge in [-0.25, -0.2) is 9.59 Å². The minimum Gasteiger partial charge on any atom is -0.481 e. The molecular formula is C40H61NO9. The van der Waals surface area contributed by atoms with Crippen molar-refractivity contribution < 1.29 is 43.6 Å². The van der Waals surface area contributed by atoms with Crippen molar-refractivity contribution >= 4 is 23.6 Å². The molecule has 0 radical (unpaired) electrons. The number of ether oxygens (including phenoxy) is 3. The van der Waals surface area contributed by atoms with Crippen LogP contribution in [-0.4, -0.2) is 71.4 Å². The third-order valence-electron chi connectivity index (χ3n) is 8.16. The number of esters is 2. The largest absolute Gasteiger partial charge is 0.481 e. The number of carbonyl (C=O) groups excluding carboxylic acids is 4. The molecule has 0 aliphatic heterocycles. The van der Waals surface area contributed by atoms with Crippen molar-refractivity contribution in [2.75, 3.05) is 20.3 Å². The first-order chi connectivity index (χ1) is 23.8. The molecule has 10 nitrogen and oxygen atoms in total. The predicted molar refractivity (Wildman–Crippen MR) is 194 cm³/mol. The lowest BCUT2D eigenvalue weighted by molar-refractivity contribution is -0.185. The van der Waals surface area contributed by atoms with E-state index < -0.39 is 54.0 Å². The summed E-state index contributed by atoms with van der Waals surface area (Å²) in [5, 5.41) is 24.2. The van der Waals surface area contributed by atoms with E-state index in [0.717, 1.165) is 38.5 Å². The zero-order valence-electron chi connectivity index (χ0n) is 31.2. The second-order valence-corrected chi connectivity index (χ2v) is 13.6. The van der Waals surface area contributed by atoms with E-state index in [1.165, 1.54) is 32.4 Å². The van der Waals surface area contributed by atoms with Gasteiger partial charge in [-0.15, -0.1) is 5.92 Å². The monoisotopic (exact) mass is 699 g/mol. The van der Waals surface area contributed by atoms with Crippen LogP contribution < -0.4 is 10.1 Å². The first kappa shape index (κ1) is 44.3. The third kappa shape index (κ3) is 17.8. The Morgan fingerprint density at radius 3 is 2.12 bits per heavy atom. The molecule has 0 aromatic heterocycles. The van der Waals surface area contributed by atoms with Gasteiger partial charge in [-0.05, 0) is 71.1 Å². The van der Waals surface area contributed by atoms with E-state index in [4.69, 9.17) is 14.2 Å². The summed E-state index contributed by atoms with van der Waals surface area (Å²) in [4.78, 5) is 52.2. The lowest BCUT2D eigenvalue weighted by Gasteiger charge is -2.34. The zero-order valence-corrected chi connectivity index (χ0v) is 31.2. The number of rotatable bonds is 25. The van der Waals surface area contributed by atoms with Crippen molar-refractivity contribution in [1.82, 2.24) is 5.32 Å². The summed E-state index contributed by atoms with van der Waals surface area (Å²) in [6.45, 7) is 8.44. The number of carbonyl (C=O) groups is 4. The second kappa shape index (κ2) is 24.5. The van der Waals surface area contributed by atoms with Crippen molar-refractivity contribution in [1.29, 1.82) is 0 Å². The van der Waals surface area contributed by atoms with Crippen LogP contribution in [0.3, 0.4) is 0 Å². The third-order valence-corrected chi connectivity index (χ3v) is 8.16. The van der Waals surface area contributed by atoms with Crippen LogP contribution in [0.15, 0.2) is 36.4 Å². The summed E-state index contributed by atoms with van der Waals surface area (Å²) in [6.07, 6.45) is 13.6. The summed E-state index contributed by atoms with van der Waals surface area (Å²) < 4.78 is 16.0. The molecule has 0 saturated heterocycles. The molecule has 1 aromatic carbocycles. The zero-order chi connectivity index (χ0) is 37.4. The van der Waals surface area contributed by atoms with E-state index in [0.29, 0.717) is 36.4 Å². The van der Waals surface area contributed by atoms with Crippen molar-refractivity contribution in [3.63, 3.8) is 0 Å². The molecule has 0 aliphatic rings. The molecule has 280 valence electrons. The Kier molecular flexibility index (Phi) is 21.7. The number of ketones is 1. The Hall–Kier alpha value is -3.68. The number of allylic oxidation sites excluding steroid dienone is 1. The number of hydrogen-bond acceptors (Lipinski definition) is 9. The van der Waals surface area contributed by atoms with Gasteiger partial charge in [-0.3, -0.25) is 9.59 Å². The fraction of sp³-hybridized carbons (Fsp3) is 0.650. The molecule has 1 amide bonds. The Bertz CT molecular complexity index is 1260. The first-order valence-corrected chi connectivity index (χ1v) is 18.1. The molecule has 0 saturated carbocycles. The normalized spacial score (nSPS) is 13.8. The number of unbranched alkanes of at least 4 members (excludes halogenated alkanes) is 8. The molecule has 0 spiro atoms. The quantitative estimate of drug-likeness (QED) is 0.0471. The second-order valence-electron chi connectivity index (χ2n) is 13.6. The first-order valence-electron chi connectivity index (χ1n) is 18.1. The van der Waals surface area contributed by atoms with Crippen molar-refractivity contribution in [3.8, 4) is 17.6 Å². The predicted octanol–water partition coefficient (Wildman–Crippen LogP) is 6.19. The SMILES string of the molecule is CC#CCOc1ccc(CC(NC(=O)[C@@H](C=CCCCCCCC(=O)CCCCCCC)[C@](O)(CCO)C(=O)OC(C)(C)C)C(=O)OC)cc1. The molecule has 0 fully saturated rings. The number of aliphatic hydroxyl groups is 2.